The van der Waals surface area contributed by atoms with Gasteiger partial charge in [-0.2, -0.15) is 0 Å². The fourth-order valence-electron chi connectivity index (χ4n) is 3.32. The topological polar surface area (TPSA) is 74.3 Å². The number of benzene rings is 1. The van der Waals surface area contributed by atoms with Crippen LogP contribution in [0.4, 0.5) is 0 Å². The third-order valence-electron chi connectivity index (χ3n) is 4.93. The Balaban J connectivity index is 1.54. The average Bonchev–Trinajstić information content (AvgIpc) is 2.74. The highest BCUT2D eigenvalue weighted by atomic mass is 16.5. The lowest BCUT2D eigenvalue weighted by Gasteiger charge is -2.25. The van der Waals surface area contributed by atoms with Gasteiger partial charge >= 0.3 is 5.97 Å². The van der Waals surface area contributed by atoms with Crippen LogP contribution in [-0.2, 0) is 25.5 Å². The zero-order chi connectivity index (χ0) is 20.9. The van der Waals surface area contributed by atoms with E-state index in [1.165, 1.54) is 19.3 Å². The number of carbonyl (C=O) groups excluding carboxylic acids is 2. The lowest BCUT2D eigenvalue weighted by molar-refractivity contribution is -0.147. The molecule has 1 aromatic rings. The normalized spacial score (nSPS) is 14.4. The van der Waals surface area contributed by atoms with E-state index in [-0.39, 0.29) is 25.4 Å². The summed E-state index contributed by atoms with van der Waals surface area (Å²) in [4.78, 5) is 26.0. The number of rotatable bonds is 13. The first kappa shape index (κ1) is 23.2. The number of aryl methyl sites for hydroxylation is 1. The van der Waals surface area contributed by atoms with Crippen molar-refractivity contribution in [2.75, 3.05) is 53.7 Å². The molecule has 7 nitrogen and oxygen atoms in total. The molecule has 0 amide bonds. The summed E-state index contributed by atoms with van der Waals surface area (Å²) in [7, 11) is 3.19. The van der Waals surface area contributed by atoms with Crippen molar-refractivity contribution < 1.29 is 28.5 Å². The van der Waals surface area contributed by atoms with Gasteiger partial charge in [-0.25, -0.2) is 0 Å². The number of esters is 1. The second-order valence-corrected chi connectivity index (χ2v) is 7.18. The molecule has 0 atom stereocenters. The standard InChI is InChI=1S/C22H33NO6/c1-26-20-9-8-18(15-21(20)27-2)7-6-13-29-22(25)16-19(24)17-28-14-12-23-10-4-3-5-11-23/h8-9,15H,3-7,10-14,16-17H2,1-2H3. The molecule has 0 aromatic heterocycles. The zero-order valence-electron chi connectivity index (χ0n) is 17.6. The zero-order valence-corrected chi connectivity index (χ0v) is 17.6. The molecule has 1 heterocycles. The molecule has 0 radical (unpaired) electrons. The van der Waals surface area contributed by atoms with Crippen molar-refractivity contribution >= 4 is 11.8 Å². The van der Waals surface area contributed by atoms with E-state index in [1.807, 2.05) is 18.2 Å². The maximum Gasteiger partial charge on any atom is 0.313 e. The molecule has 0 N–H and O–H groups in total. The number of likely N-dealkylation sites (tertiary alicyclic amines) is 1. The van der Waals surface area contributed by atoms with Gasteiger partial charge in [0.1, 0.15) is 13.0 Å². The van der Waals surface area contributed by atoms with Crippen LogP contribution in [0.15, 0.2) is 18.2 Å². The van der Waals surface area contributed by atoms with Crippen molar-refractivity contribution in [3.63, 3.8) is 0 Å². The summed E-state index contributed by atoms with van der Waals surface area (Å²) in [5, 5.41) is 0. The molecule has 0 unspecified atom stereocenters. The van der Waals surface area contributed by atoms with Gasteiger partial charge in [-0.1, -0.05) is 12.5 Å². The number of methoxy groups -OCH3 is 2. The van der Waals surface area contributed by atoms with Crippen LogP contribution < -0.4 is 9.47 Å². The van der Waals surface area contributed by atoms with E-state index in [1.54, 1.807) is 14.2 Å². The molecule has 29 heavy (non-hydrogen) atoms. The number of carbonyl (C=O) groups is 2. The van der Waals surface area contributed by atoms with Gasteiger partial charge < -0.3 is 23.8 Å². The van der Waals surface area contributed by atoms with Crippen molar-refractivity contribution in [3.05, 3.63) is 23.8 Å². The maximum absolute atomic E-state index is 11.8. The van der Waals surface area contributed by atoms with Crippen LogP contribution in [0.5, 0.6) is 11.5 Å². The monoisotopic (exact) mass is 407 g/mol. The summed E-state index contributed by atoms with van der Waals surface area (Å²) in [6.45, 7) is 3.81. The van der Waals surface area contributed by atoms with Crippen LogP contribution in [0.1, 0.15) is 37.7 Å². The highest BCUT2D eigenvalue weighted by molar-refractivity contribution is 5.96. The Labute approximate surface area is 173 Å². The molecule has 1 saturated heterocycles. The van der Waals surface area contributed by atoms with Gasteiger partial charge in [0.15, 0.2) is 17.3 Å². The van der Waals surface area contributed by atoms with Crippen LogP contribution in [0, 0.1) is 0 Å². The van der Waals surface area contributed by atoms with Gasteiger partial charge in [0.25, 0.3) is 0 Å². The molecule has 2 rings (SSSR count). The Hall–Kier alpha value is -2.12. The first-order valence-corrected chi connectivity index (χ1v) is 10.3. The second kappa shape index (κ2) is 13.2. The van der Waals surface area contributed by atoms with Crippen molar-refractivity contribution in [3.8, 4) is 11.5 Å². The van der Waals surface area contributed by atoms with Crippen LogP contribution in [0.2, 0.25) is 0 Å². The van der Waals surface area contributed by atoms with E-state index in [2.05, 4.69) is 4.90 Å². The van der Waals surface area contributed by atoms with E-state index in [0.29, 0.717) is 24.5 Å². The van der Waals surface area contributed by atoms with Gasteiger partial charge in [0.2, 0.25) is 0 Å². The van der Waals surface area contributed by atoms with E-state index in [9.17, 15) is 9.59 Å². The number of hydrogen-bond donors (Lipinski definition) is 0. The van der Waals surface area contributed by atoms with Crippen molar-refractivity contribution in [2.24, 2.45) is 0 Å². The second-order valence-electron chi connectivity index (χ2n) is 7.18. The highest BCUT2D eigenvalue weighted by Crippen LogP contribution is 2.27. The first-order chi connectivity index (χ1) is 14.1. The van der Waals surface area contributed by atoms with Crippen LogP contribution in [0.25, 0.3) is 0 Å². The van der Waals surface area contributed by atoms with Gasteiger partial charge in [-0.3, -0.25) is 9.59 Å². The molecule has 0 bridgehead atoms. The number of Topliss-reactive ketones (excluding diaryl/α,β-unsaturated/α-hetero) is 1. The van der Waals surface area contributed by atoms with Crippen LogP contribution in [0.3, 0.4) is 0 Å². The minimum absolute atomic E-state index is 0.0332. The molecule has 1 aliphatic rings. The van der Waals surface area contributed by atoms with E-state index < -0.39 is 5.97 Å². The molecule has 162 valence electrons. The molecule has 1 aromatic carbocycles. The van der Waals surface area contributed by atoms with E-state index in [0.717, 1.165) is 31.6 Å². The van der Waals surface area contributed by atoms with Crippen LogP contribution >= 0.6 is 0 Å². The minimum Gasteiger partial charge on any atom is -0.493 e. The van der Waals surface area contributed by atoms with Gasteiger partial charge in [-0.15, -0.1) is 0 Å². The number of hydrogen-bond acceptors (Lipinski definition) is 7. The fraction of sp³-hybridized carbons (Fsp3) is 0.636. The number of ether oxygens (including phenoxy) is 4. The number of nitrogens with zero attached hydrogens (tertiary/aromatic N) is 1. The molecule has 1 aliphatic heterocycles. The lowest BCUT2D eigenvalue weighted by atomic mass is 10.1. The maximum atomic E-state index is 11.8. The third kappa shape index (κ3) is 8.83. The fourth-order valence-corrected chi connectivity index (χ4v) is 3.32. The van der Waals surface area contributed by atoms with Crippen molar-refractivity contribution in [1.82, 2.24) is 4.90 Å². The summed E-state index contributed by atoms with van der Waals surface area (Å²) < 4.78 is 21.0. The Morgan fingerprint density at radius 2 is 1.76 bits per heavy atom. The molecular weight excluding hydrogens is 374 g/mol. The van der Waals surface area contributed by atoms with E-state index >= 15 is 0 Å². The summed E-state index contributed by atoms with van der Waals surface area (Å²) >= 11 is 0. The Bertz CT molecular complexity index is 642. The Morgan fingerprint density at radius 3 is 2.48 bits per heavy atom. The first-order valence-electron chi connectivity index (χ1n) is 10.3. The van der Waals surface area contributed by atoms with Gasteiger partial charge in [0.05, 0.1) is 27.4 Å². The smallest absolute Gasteiger partial charge is 0.313 e. The Morgan fingerprint density at radius 1 is 1.00 bits per heavy atom. The quantitative estimate of drug-likeness (QED) is 0.283. The molecule has 0 spiro atoms. The van der Waals surface area contributed by atoms with Crippen LogP contribution in [-0.4, -0.2) is 70.3 Å². The molecule has 1 fully saturated rings. The van der Waals surface area contributed by atoms with Gasteiger partial charge in [0, 0.05) is 6.54 Å². The predicted molar refractivity (Wildman–Crippen MR) is 110 cm³/mol. The lowest BCUT2D eigenvalue weighted by Crippen LogP contribution is -2.33. The van der Waals surface area contributed by atoms with Crippen molar-refractivity contribution in [1.29, 1.82) is 0 Å². The van der Waals surface area contributed by atoms with Gasteiger partial charge in [-0.05, 0) is 56.5 Å². The minimum atomic E-state index is -0.498. The SMILES string of the molecule is COc1ccc(CCCOC(=O)CC(=O)COCCN2CCCCC2)cc1OC. The summed E-state index contributed by atoms with van der Waals surface area (Å²) in [6, 6.07) is 5.71. The molecule has 0 aliphatic carbocycles. The average molecular weight is 408 g/mol. The molecular formula is C22H33NO6. The highest BCUT2D eigenvalue weighted by Gasteiger charge is 2.13. The largest absolute Gasteiger partial charge is 0.493 e. The van der Waals surface area contributed by atoms with E-state index in [4.69, 9.17) is 18.9 Å². The predicted octanol–water partition coefficient (Wildman–Crippen LogP) is 2.64. The Kier molecular flexibility index (Phi) is 10.5. The molecule has 0 saturated carbocycles. The van der Waals surface area contributed by atoms with Crippen molar-refractivity contribution in [2.45, 2.75) is 38.5 Å². The number of ketones is 1. The summed E-state index contributed by atoms with van der Waals surface area (Å²) in [5.74, 6) is 0.614. The third-order valence-corrected chi connectivity index (χ3v) is 4.93. The molecule has 7 heteroatoms. The summed E-state index contributed by atoms with van der Waals surface area (Å²) in [6.07, 6.45) is 4.93. The number of piperidine rings is 1. The summed E-state index contributed by atoms with van der Waals surface area (Å²) in [5.41, 5.74) is 1.07.